The minimum Gasteiger partial charge on any atom is -0.491 e. The van der Waals surface area contributed by atoms with Crippen LogP contribution in [0.3, 0.4) is 0 Å². The number of rotatable bonds is 8. The molecule has 0 spiro atoms. The Labute approximate surface area is 144 Å². The van der Waals surface area contributed by atoms with Gasteiger partial charge in [-0.25, -0.2) is 0 Å². The largest absolute Gasteiger partial charge is 0.491 e. The van der Waals surface area contributed by atoms with Crippen LogP contribution in [-0.4, -0.2) is 72.6 Å². The van der Waals surface area contributed by atoms with Gasteiger partial charge in [-0.3, -0.25) is 4.90 Å². The third kappa shape index (κ3) is 4.48. The first-order chi connectivity index (χ1) is 11.8. The van der Waals surface area contributed by atoms with Crippen LogP contribution in [-0.2, 0) is 6.54 Å². The van der Waals surface area contributed by atoms with Crippen LogP contribution in [0.4, 0.5) is 0 Å². The predicted molar refractivity (Wildman–Crippen MR) is 94.0 cm³/mol. The van der Waals surface area contributed by atoms with E-state index in [4.69, 9.17) is 9.84 Å². The Kier molecular flexibility index (Phi) is 6.49. The molecular weight excluding hydrogens is 304 g/mol. The van der Waals surface area contributed by atoms with Crippen LogP contribution in [0.2, 0.25) is 0 Å². The third-order valence-electron chi connectivity index (χ3n) is 5.29. The Bertz CT molecular complexity index is 505. The number of para-hydroxylation sites is 1. The van der Waals surface area contributed by atoms with E-state index in [0.717, 1.165) is 37.5 Å². The lowest BCUT2D eigenvalue weighted by Crippen LogP contribution is -2.31. The minimum atomic E-state index is 0.0303. The fraction of sp³-hybridized carbons (Fsp3) is 0.684. The van der Waals surface area contributed by atoms with Gasteiger partial charge in [0, 0.05) is 38.3 Å². The lowest BCUT2D eigenvalue weighted by atomic mass is 9.96. The molecule has 5 nitrogen and oxygen atoms in total. The first-order valence-electron chi connectivity index (χ1n) is 9.17. The summed E-state index contributed by atoms with van der Waals surface area (Å²) in [5, 5.41) is 18.7. The molecule has 2 fully saturated rings. The molecule has 2 aliphatic heterocycles. The number of nitrogens with zero attached hydrogens (tertiary/aromatic N) is 2. The van der Waals surface area contributed by atoms with Gasteiger partial charge < -0.3 is 19.8 Å². The number of likely N-dealkylation sites (tertiary alicyclic amines) is 2. The summed E-state index contributed by atoms with van der Waals surface area (Å²) in [4.78, 5) is 4.98. The molecule has 1 aromatic rings. The van der Waals surface area contributed by atoms with E-state index in [-0.39, 0.29) is 13.2 Å². The Morgan fingerprint density at radius 1 is 1.00 bits per heavy atom. The number of benzene rings is 1. The van der Waals surface area contributed by atoms with E-state index in [1.54, 1.807) is 0 Å². The average molecular weight is 334 g/mol. The predicted octanol–water partition coefficient (Wildman–Crippen LogP) is 1.19. The van der Waals surface area contributed by atoms with Crippen molar-refractivity contribution in [3.8, 4) is 5.75 Å². The fourth-order valence-corrected chi connectivity index (χ4v) is 4.05. The van der Waals surface area contributed by atoms with Crippen molar-refractivity contribution in [1.29, 1.82) is 0 Å². The van der Waals surface area contributed by atoms with Gasteiger partial charge >= 0.3 is 0 Å². The monoisotopic (exact) mass is 334 g/mol. The summed E-state index contributed by atoms with van der Waals surface area (Å²) in [6.07, 6.45) is 2.63. The Hall–Kier alpha value is -1.14. The zero-order chi connectivity index (χ0) is 16.8. The maximum Gasteiger partial charge on any atom is 0.123 e. The molecule has 24 heavy (non-hydrogen) atoms. The SMILES string of the molecule is OCCOc1ccccc1CN1C[C@@H](CN2CCCC2)[C@@H](CO)C1. The average Bonchev–Trinajstić information content (AvgIpc) is 3.24. The summed E-state index contributed by atoms with van der Waals surface area (Å²) in [6, 6.07) is 8.05. The molecule has 0 saturated carbocycles. The summed E-state index contributed by atoms with van der Waals surface area (Å²) in [6.45, 7) is 7.01. The van der Waals surface area contributed by atoms with Crippen molar-refractivity contribution in [1.82, 2.24) is 9.80 Å². The first kappa shape index (κ1) is 17.7. The first-order valence-corrected chi connectivity index (χ1v) is 9.17. The van der Waals surface area contributed by atoms with Gasteiger partial charge in [0.05, 0.1) is 6.61 Å². The highest BCUT2D eigenvalue weighted by Gasteiger charge is 2.34. The molecule has 2 N–H and O–H groups in total. The van der Waals surface area contributed by atoms with E-state index in [1.165, 1.54) is 25.9 Å². The molecule has 134 valence electrons. The second kappa shape index (κ2) is 8.81. The zero-order valence-corrected chi connectivity index (χ0v) is 14.4. The van der Waals surface area contributed by atoms with E-state index >= 15 is 0 Å². The molecule has 3 rings (SSSR count). The Balaban J connectivity index is 1.59. The van der Waals surface area contributed by atoms with Crippen molar-refractivity contribution in [2.75, 3.05) is 52.5 Å². The van der Waals surface area contributed by atoms with E-state index in [1.807, 2.05) is 18.2 Å². The van der Waals surface area contributed by atoms with Crippen LogP contribution < -0.4 is 4.74 Å². The normalized spacial score (nSPS) is 25.4. The molecule has 2 atom stereocenters. The molecule has 0 radical (unpaired) electrons. The van der Waals surface area contributed by atoms with E-state index in [0.29, 0.717) is 18.4 Å². The summed E-state index contributed by atoms with van der Waals surface area (Å²) >= 11 is 0. The lowest BCUT2D eigenvalue weighted by molar-refractivity contribution is 0.175. The molecule has 2 heterocycles. The standard InChI is InChI=1S/C19H30N2O3/c22-9-10-24-19-6-2-1-5-16(19)11-21-13-17(18(14-21)15-23)12-20-7-3-4-8-20/h1-2,5-6,17-18,22-23H,3-4,7-15H2/t17-,18-/m1/s1. The van der Waals surface area contributed by atoms with Gasteiger partial charge in [0.15, 0.2) is 0 Å². The van der Waals surface area contributed by atoms with Crippen molar-refractivity contribution < 1.29 is 14.9 Å². The summed E-state index contributed by atoms with van der Waals surface area (Å²) in [7, 11) is 0. The minimum absolute atomic E-state index is 0.0303. The topological polar surface area (TPSA) is 56.2 Å². The second-order valence-electron chi connectivity index (χ2n) is 7.08. The Morgan fingerprint density at radius 2 is 1.75 bits per heavy atom. The molecule has 2 aliphatic rings. The van der Waals surface area contributed by atoms with Crippen LogP contribution in [0.5, 0.6) is 5.75 Å². The molecule has 0 amide bonds. The van der Waals surface area contributed by atoms with Gasteiger partial charge in [0.1, 0.15) is 12.4 Å². The highest BCUT2D eigenvalue weighted by atomic mass is 16.5. The highest BCUT2D eigenvalue weighted by Crippen LogP contribution is 2.28. The van der Waals surface area contributed by atoms with Crippen molar-refractivity contribution in [3.63, 3.8) is 0 Å². The molecule has 1 aromatic carbocycles. The van der Waals surface area contributed by atoms with Crippen LogP contribution in [0.25, 0.3) is 0 Å². The van der Waals surface area contributed by atoms with E-state index in [2.05, 4.69) is 15.9 Å². The van der Waals surface area contributed by atoms with E-state index in [9.17, 15) is 5.11 Å². The number of aliphatic hydroxyl groups excluding tert-OH is 2. The number of aliphatic hydroxyl groups is 2. The molecular formula is C19H30N2O3. The van der Waals surface area contributed by atoms with Crippen molar-refractivity contribution in [3.05, 3.63) is 29.8 Å². The van der Waals surface area contributed by atoms with Gasteiger partial charge in [-0.1, -0.05) is 18.2 Å². The summed E-state index contributed by atoms with van der Waals surface area (Å²) in [5.41, 5.74) is 1.16. The van der Waals surface area contributed by atoms with Gasteiger partial charge in [-0.05, 0) is 43.8 Å². The maximum absolute atomic E-state index is 9.77. The summed E-state index contributed by atoms with van der Waals surface area (Å²) in [5.74, 6) is 1.78. The zero-order valence-electron chi connectivity index (χ0n) is 14.4. The van der Waals surface area contributed by atoms with Crippen LogP contribution in [0.1, 0.15) is 18.4 Å². The van der Waals surface area contributed by atoms with Crippen LogP contribution in [0, 0.1) is 11.8 Å². The number of ether oxygens (including phenoxy) is 1. The number of hydrogen-bond donors (Lipinski definition) is 2. The number of hydrogen-bond acceptors (Lipinski definition) is 5. The Morgan fingerprint density at radius 3 is 2.50 bits per heavy atom. The van der Waals surface area contributed by atoms with Crippen molar-refractivity contribution >= 4 is 0 Å². The molecule has 0 aliphatic carbocycles. The van der Waals surface area contributed by atoms with Gasteiger partial charge in [-0.15, -0.1) is 0 Å². The van der Waals surface area contributed by atoms with Gasteiger partial charge in [0.2, 0.25) is 0 Å². The van der Waals surface area contributed by atoms with Gasteiger partial charge in [0.25, 0.3) is 0 Å². The lowest BCUT2D eigenvalue weighted by Gasteiger charge is -2.23. The smallest absolute Gasteiger partial charge is 0.123 e. The third-order valence-corrected chi connectivity index (χ3v) is 5.29. The van der Waals surface area contributed by atoms with Crippen molar-refractivity contribution in [2.45, 2.75) is 19.4 Å². The molecule has 2 saturated heterocycles. The molecule has 0 aromatic heterocycles. The quantitative estimate of drug-likeness (QED) is 0.748. The molecule has 5 heteroatoms. The fourth-order valence-electron chi connectivity index (χ4n) is 4.05. The van der Waals surface area contributed by atoms with Crippen LogP contribution in [0.15, 0.2) is 24.3 Å². The maximum atomic E-state index is 9.77. The molecule has 0 unspecified atom stereocenters. The van der Waals surface area contributed by atoms with E-state index < -0.39 is 0 Å². The van der Waals surface area contributed by atoms with Crippen molar-refractivity contribution in [2.24, 2.45) is 11.8 Å². The second-order valence-corrected chi connectivity index (χ2v) is 7.08. The summed E-state index contributed by atoms with van der Waals surface area (Å²) < 4.78 is 5.65. The van der Waals surface area contributed by atoms with Crippen LogP contribution >= 0.6 is 0 Å². The van der Waals surface area contributed by atoms with Gasteiger partial charge in [-0.2, -0.15) is 0 Å². The highest BCUT2D eigenvalue weighted by molar-refractivity contribution is 5.33. The molecule has 0 bridgehead atoms.